The Morgan fingerprint density at radius 3 is 2.79 bits per heavy atom. The van der Waals surface area contributed by atoms with Crippen molar-refractivity contribution < 1.29 is 9.52 Å². The first kappa shape index (κ1) is 10.0. The SMILES string of the molecule is CC(O)c1cc2cc(Cl)cc(Br)c2o1. The van der Waals surface area contributed by atoms with Crippen molar-refractivity contribution in [1.29, 1.82) is 0 Å². The molecule has 0 aliphatic carbocycles. The van der Waals surface area contributed by atoms with Crippen LogP contribution in [0.1, 0.15) is 18.8 Å². The Morgan fingerprint density at radius 1 is 1.43 bits per heavy atom. The first-order valence-corrected chi connectivity index (χ1v) is 5.31. The molecule has 0 aliphatic heterocycles. The van der Waals surface area contributed by atoms with Gasteiger partial charge in [-0.1, -0.05) is 11.6 Å². The van der Waals surface area contributed by atoms with Crippen molar-refractivity contribution in [2.45, 2.75) is 13.0 Å². The quantitative estimate of drug-likeness (QED) is 0.856. The van der Waals surface area contributed by atoms with E-state index >= 15 is 0 Å². The lowest BCUT2D eigenvalue weighted by Crippen LogP contribution is -1.85. The average molecular weight is 276 g/mol. The van der Waals surface area contributed by atoms with Gasteiger partial charge in [-0.25, -0.2) is 0 Å². The highest BCUT2D eigenvalue weighted by Crippen LogP contribution is 2.32. The topological polar surface area (TPSA) is 33.4 Å². The zero-order chi connectivity index (χ0) is 10.3. The molecule has 0 amide bonds. The molecule has 0 fully saturated rings. The van der Waals surface area contributed by atoms with E-state index in [9.17, 15) is 5.11 Å². The molecule has 4 heteroatoms. The highest BCUT2D eigenvalue weighted by Gasteiger charge is 2.11. The van der Waals surface area contributed by atoms with Gasteiger partial charge in [0.05, 0.1) is 4.47 Å². The monoisotopic (exact) mass is 274 g/mol. The molecule has 1 heterocycles. The number of aliphatic hydroxyl groups excluding tert-OH is 1. The van der Waals surface area contributed by atoms with Crippen LogP contribution in [-0.2, 0) is 0 Å². The molecule has 0 bridgehead atoms. The third-order valence-corrected chi connectivity index (χ3v) is 2.77. The molecule has 1 unspecified atom stereocenters. The zero-order valence-electron chi connectivity index (χ0n) is 7.42. The Balaban J connectivity index is 2.70. The summed E-state index contributed by atoms with van der Waals surface area (Å²) in [5, 5.41) is 10.9. The smallest absolute Gasteiger partial charge is 0.148 e. The maximum absolute atomic E-state index is 9.34. The molecule has 0 aliphatic rings. The van der Waals surface area contributed by atoms with Crippen molar-refractivity contribution in [3.05, 3.63) is 33.5 Å². The predicted molar refractivity (Wildman–Crippen MR) is 59.6 cm³/mol. The van der Waals surface area contributed by atoms with Crippen LogP contribution in [0.15, 0.2) is 27.1 Å². The first-order valence-electron chi connectivity index (χ1n) is 4.14. The fourth-order valence-electron chi connectivity index (χ4n) is 1.30. The number of halogens is 2. The Kier molecular flexibility index (Phi) is 2.56. The highest BCUT2D eigenvalue weighted by molar-refractivity contribution is 9.10. The maximum atomic E-state index is 9.34. The molecule has 0 spiro atoms. The summed E-state index contributed by atoms with van der Waals surface area (Å²) in [4.78, 5) is 0. The minimum atomic E-state index is -0.604. The van der Waals surface area contributed by atoms with Crippen molar-refractivity contribution in [3.8, 4) is 0 Å². The molecule has 1 N–H and O–H groups in total. The van der Waals surface area contributed by atoms with E-state index in [4.69, 9.17) is 16.0 Å². The van der Waals surface area contributed by atoms with Crippen LogP contribution >= 0.6 is 27.5 Å². The predicted octanol–water partition coefficient (Wildman–Crippen LogP) is 3.90. The van der Waals surface area contributed by atoms with Gasteiger partial charge in [0, 0.05) is 10.4 Å². The second-order valence-corrected chi connectivity index (χ2v) is 4.42. The van der Waals surface area contributed by atoms with Gasteiger partial charge in [-0.3, -0.25) is 0 Å². The van der Waals surface area contributed by atoms with Gasteiger partial charge in [-0.2, -0.15) is 0 Å². The van der Waals surface area contributed by atoms with E-state index in [1.807, 2.05) is 0 Å². The molecule has 1 aromatic carbocycles. The Bertz CT molecular complexity index is 476. The van der Waals surface area contributed by atoms with Gasteiger partial charge in [0.15, 0.2) is 0 Å². The number of furan rings is 1. The first-order chi connectivity index (χ1) is 6.58. The lowest BCUT2D eigenvalue weighted by molar-refractivity contribution is 0.172. The molecular weight excluding hydrogens is 267 g/mol. The maximum Gasteiger partial charge on any atom is 0.148 e. The van der Waals surface area contributed by atoms with Gasteiger partial charge in [0.25, 0.3) is 0 Å². The minimum absolute atomic E-state index is 0.544. The Hall–Kier alpha value is -0.510. The summed E-state index contributed by atoms with van der Waals surface area (Å²) in [6, 6.07) is 5.35. The van der Waals surface area contributed by atoms with Crippen molar-refractivity contribution >= 4 is 38.5 Å². The average Bonchev–Trinajstić information content (AvgIpc) is 2.47. The molecule has 0 saturated carbocycles. The third-order valence-electron chi connectivity index (χ3n) is 1.97. The summed E-state index contributed by atoms with van der Waals surface area (Å²) in [7, 11) is 0. The van der Waals surface area contributed by atoms with Gasteiger partial charge in [0.2, 0.25) is 0 Å². The number of rotatable bonds is 1. The molecule has 1 atom stereocenters. The molecular formula is C10H8BrClO2. The fourth-order valence-corrected chi connectivity index (χ4v) is 2.22. The number of aliphatic hydroxyl groups is 1. The third kappa shape index (κ3) is 1.67. The fraction of sp³-hybridized carbons (Fsp3) is 0.200. The van der Waals surface area contributed by atoms with E-state index in [0.717, 1.165) is 9.86 Å². The zero-order valence-corrected chi connectivity index (χ0v) is 9.76. The summed E-state index contributed by atoms with van der Waals surface area (Å²) < 4.78 is 6.26. The van der Waals surface area contributed by atoms with Crippen LogP contribution in [0.5, 0.6) is 0 Å². The second-order valence-electron chi connectivity index (χ2n) is 3.13. The molecule has 2 nitrogen and oxygen atoms in total. The van der Waals surface area contributed by atoms with Gasteiger partial charge in [0.1, 0.15) is 17.4 Å². The van der Waals surface area contributed by atoms with Crippen LogP contribution in [-0.4, -0.2) is 5.11 Å². The standard InChI is InChI=1S/C10H8BrClO2/c1-5(13)9-3-6-2-7(12)4-8(11)10(6)14-9/h2-5,13H,1H3. The van der Waals surface area contributed by atoms with Gasteiger partial charge < -0.3 is 9.52 Å². The molecule has 1 aromatic heterocycles. The summed E-state index contributed by atoms with van der Waals surface area (Å²) >= 11 is 9.23. The molecule has 74 valence electrons. The van der Waals surface area contributed by atoms with Crippen LogP contribution in [0.4, 0.5) is 0 Å². The van der Waals surface area contributed by atoms with E-state index in [-0.39, 0.29) is 0 Å². The van der Waals surface area contributed by atoms with Gasteiger partial charge in [-0.15, -0.1) is 0 Å². The van der Waals surface area contributed by atoms with Gasteiger partial charge >= 0.3 is 0 Å². The van der Waals surface area contributed by atoms with E-state index < -0.39 is 6.10 Å². The van der Waals surface area contributed by atoms with Crippen molar-refractivity contribution in [2.75, 3.05) is 0 Å². The normalized spacial score (nSPS) is 13.4. The van der Waals surface area contributed by atoms with E-state index in [0.29, 0.717) is 16.4 Å². The number of hydrogen-bond donors (Lipinski definition) is 1. The van der Waals surface area contributed by atoms with Crippen LogP contribution in [0, 0.1) is 0 Å². The highest BCUT2D eigenvalue weighted by atomic mass is 79.9. The Labute approximate surface area is 94.6 Å². The van der Waals surface area contributed by atoms with Crippen molar-refractivity contribution in [2.24, 2.45) is 0 Å². The molecule has 14 heavy (non-hydrogen) atoms. The van der Waals surface area contributed by atoms with E-state index in [2.05, 4.69) is 15.9 Å². The lowest BCUT2D eigenvalue weighted by atomic mass is 10.2. The molecule has 0 saturated heterocycles. The van der Waals surface area contributed by atoms with E-state index in [1.165, 1.54) is 0 Å². The summed E-state index contributed by atoms with van der Waals surface area (Å²) in [6.45, 7) is 1.66. The van der Waals surface area contributed by atoms with E-state index in [1.54, 1.807) is 25.1 Å². The summed E-state index contributed by atoms with van der Waals surface area (Å²) in [5.74, 6) is 0.544. The van der Waals surface area contributed by atoms with Crippen LogP contribution in [0.3, 0.4) is 0 Å². The lowest BCUT2D eigenvalue weighted by Gasteiger charge is -1.96. The van der Waals surface area contributed by atoms with Crippen LogP contribution in [0.25, 0.3) is 11.0 Å². The summed E-state index contributed by atoms with van der Waals surface area (Å²) in [5.41, 5.74) is 0.713. The van der Waals surface area contributed by atoms with Crippen molar-refractivity contribution in [1.82, 2.24) is 0 Å². The molecule has 0 radical (unpaired) electrons. The molecule has 2 rings (SSSR count). The minimum Gasteiger partial charge on any atom is -0.457 e. The number of fused-ring (bicyclic) bond motifs is 1. The number of benzene rings is 1. The summed E-state index contributed by atoms with van der Waals surface area (Å²) in [6.07, 6.45) is -0.604. The second kappa shape index (κ2) is 3.57. The van der Waals surface area contributed by atoms with Crippen LogP contribution in [0.2, 0.25) is 5.02 Å². The Morgan fingerprint density at radius 2 is 2.14 bits per heavy atom. The van der Waals surface area contributed by atoms with Crippen molar-refractivity contribution in [3.63, 3.8) is 0 Å². The van der Waals surface area contributed by atoms with Gasteiger partial charge in [-0.05, 0) is 41.1 Å². The van der Waals surface area contributed by atoms with Crippen LogP contribution < -0.4 is 0 Å². The molecule has 2 aromatic rings. The number of hydrogen-bond acceptors (Lipinski definition) is 2. The largest absolute Gasteiger partial charge is 0.457 e.